The van der Waals surface area contributed by atoms with Gasteiger partial charge in [0.25, 0.3) is 0 Å². The summed E-state index contributed by atoms with van der Waals surface area (Å²) in [5, 5.41) is 6.53. The van der Waals surface area contributed by atoms with Crippen molar-refractivity contribution in [1.29, 1.82) is 0 Å². The van der Waals surface area contributed by atoms with E-state index in [-0.39, 0.29) is 29.8 Å². The maximum absolute atomic E-state index is 13.3. The smallest absolute Gasteiger partial charge is 0.191 e. The number of hydrogen-bond donors (Lipinski definition) is 2. The molecule has 0 amide bonds. The highest BCUT2D eigenvalue weighted by molar-refractivity contribution is 14.0. The molecule has 0 unspecified atom stereocenters. The van der Waals surface area contributed by atoms with E-state index in [1.165, 1.54) is 11.6 Å². The zero-order valence-corrected chi connectivity index (χ0v) is 17.1. The number of rotatable bonds is 6. The molecule has 0 aliphatic rings. The molecule has 0 radical (unpaired) electrons. The van der Waals surface area contributed by atoms with Crippen LogP contribution in [0.15, 0.2) is 47.5 Å². The molecule has 136 valence electrons. The highest BCUT2D eigenvalue weighted by Gasteiger charge is 2.04. The van der Waals surface area contributed by atoms with Crippen LogP contribution in [0.2, 0.25) is 0 Å². The van der Waals surface area contributed by atoms with Crippen LogP contribution in [0, 0.1) is 12.7 Å². The number of hydrogen-bond acceptors (Lipinski definition) is 2. The van der Waals surface area contributed by atoms with Gasteiger partial charge in [0.15, 0.2) is 5.96 Å². The number of benzene rings is 2. The summed E-state index contributed by atoms with van der Waals surface area (Å²) < 4.78 is 18.5. The molecule has 0 aliphatic heterocycles. The zero-order chi connectivity index (χ0) is 17.4. The molecule has 4 nitrogen and oxygen atoms in total. The number of ether oxygens (including phenoxy) is 1. The van der Waals surface area contributed by atoms with Gasteiger partial charge in [0, 0.05) is 27.2 Å². The Morgan fingerprint density at radius 3 is 2.40 bits per heavy atom. The van der Waals surface area contributed by atoms with Crippen LogP contribution in [0.25, 0.3) is 0 Å². The minimum absolute atomic E-state index is 0. The van der Waals surface area contributed by atoms with Crippen LogP contribution in [0.4, 0.5) is 4.39 Å². The van der Waals surface area contributed by atoms with Crippen molar-refractivity contribution in [3.8, 4) is 0 Å². The molecule has 0 fully saturated rings. The monoisotopic (exact) mass is 457 g/mol. The fourth-order valence-corrected chi connectivity index (χ4v) is 2.43. The lowest BCUT2D eigenvalue weighted by atomic mass is 10.1. The van der Waals surface area contributed by atoms with E-state index in [1.807, 2.05) is 18.2 Å². The number of methoxy groups -OCH3 is 1. The van der Waals surface area contributed by atoms with E-state index < -0.39 is 0 Å². The summed E-state index contributed by atoms with van der Waals surface area (Å²) in [5.74, 6) is 0.514. The molecule has 2 aromatic rings. The van der Waals surface area contributed by atoms with E-state index in [0.717, 1.165) is 11.1 Å². The second-order valence-corrected chi connectivity index (χ2v) is 5.56. The summed E-state index contributed by atoms with van der Waals surface area (Å²) in [7, 11) is 3.42. The van der Waals surface area contributed by atoms with Gasteiger partial charge in [-0.05, 0) is 35.2 Å². The van der Waals surface area contributed by atoms with E-state index >= 15 is 0 Å². The molecular formula is C19H25FIN3O. The zero-order valence-electron chi connectivity index (χ0n) is 14.8. The minimum Gasteiger partial charge on any atom is -0.380 e. The number of guanidine groups is 1. The molecule has 0 aromatic heterocycles. The fourth-order valence-electron chi connectivity index (χ4n) is 2.43. The highest BCUT2D eigenvalue weighted by Crippen LogP contribution is 2.10. The van der Waals surface area contributed by atoms with Crippen molar-refractivity contribution < 1.29 is 9.13 Å². The topological polar surface area (TPSA) is 45.7 Å². The first-order valence-corrected chi connectivity index (χ1v) is 7.89. The van der Waals surface area contributed by atoms with Crippen molar-refractivity contribution in [2.45, 2.75) is 26.6 Å². The van der Waals surface area contributed by atoms with Gasteiger partial charge in [0.2, 0.25) is 0 Å². The Bertz CT molecular complexity index is 707. The normalized spacial score (nSPS) is 11.0. The second kappa shape index (κ2) is 11.0. The Balaban J connectivity index is 0.00000312. The maximum Gasteiger partial charge on any atom is 0.191 e. The van der Waals surface area contributed by atoms with Crippen molar-refractivity contribution in [2.24, 2.45) is 4.99 Å². The van der Waals surface area contributed by atoms with Gasteiger partial charge in [-0.2, -0.15) is 0 Å². The van der Waals surface area contributed by atoms with E-state index in [9.17, 15) is 4.39 Å². The largest absolute Gasteiger partial charge is 0.380 e. The van der Waals surface area contributed by atoms with Gasteiger partial charge in [-0.25, -0.2) is 4.39 Å². The molecule has 0 saturated heterocycles. The minimum atomic E-state index is -0.184. The van der Waals surface area contributed by atoms with Crippen molar-refractivity contribution in [2.75, 3.05) is 14.2 Å². The highest BCUT2D eigenvalue weighted by atomic mass is 127. The molecule has 0 spiro atoms. The van der Waals surface area contributed by atoms with Gasteiger partial charge in [-0.1, -0.05) is 36.4 Å². The molecule has 2 aromatic carbocycles. The van der Waals surface area contributed by atoms with Gasteiger partial charge in [-0.15, -0.1) is 24.0 Å². The number of halogens is 2. The van der Waals surface area contributed by atoms with E-state index in [4.69, 9.17) is 4.74 Å². The summed E-state index contributed by atoms with van der Waals surface area (Å²) in [6.45, 7) is 3.58. The molecule has 0 saturated carbocycles. The average molecular weight is 457 g/mol. The first-order chi connectivity index (χ1) is 11.6. The second-order valence-electron chi connectivity index (χ2n) is 5.56. The maximum atomic E-state index is 13.3. The predicted molar refractivity (Wildman–Crippen MR) is 111 cm³/mol. The van der Waals surface area contributed by atoms with Gasteiger partial charge in [0.1, 0.15) is 5.82 Å². The SMILES string of the molecule is CN=C(NCc1ccc(F)c(C)c1)NCc1ccccc1COC.I. The number of nitrogens with zero attached hydrogens (tertiary/aromatic N) is 1. The third kappa shape index (κ3) is 6.62. The third-order valence-corrected chi connectivity index (χ3v) is 3.77. The number of aliphatic imine (C=N–C) groups is 1. The lowest BCUT2D eigenvalue weighted by molar-refractivity contribution is 0.184. The van der Waals surface area contributed by atoms with Crippen molar-refractivity contribution in [1.82, 2.24) is 10.6 Å². The van der Waals surface area contributed by atoms with Crippen molar-refractivity contribution in [3.05, 3.63) is 70.5 Å². The van der Waals surface area contributed by atoms with Gasteiger partial charge >= 0.3 is 0 Å². The van der Waals surface area contributed by atoms with Crippen LogP contribution >= 0.6 is 24.0 Å². The van der Waals surface area contributed by atoms with Gasteiger partial charge < -0.3 is 15.4 Å². The van der Waals surface area contributed by atoms with Crippen molar-refractivity contribution in [3.63, 3.8) is 0 Å². The summed E-state index contributed by atoms with van der Waals surface area (Å²) in [5.41, 5.74) is 3.97. The van der Waals surface area contributed by atoms with E-state index in [2.05, 4.69) is 27.8 Å². The molecule has 0 aliphatic carbocycles. The Morgan fingerprint density at radius 2 is 1.76 bits per heavy atom. The molecule has 0 bridgehead atoms. The van der Waals surface area contributed by atoms with Gasteiger partial charge in [0.05, 0.1) is 6.61 Å². The lowest BCUT2D eigenvalue weighted by Crippen LogP contribution is -2.36. The Morgan fingerprint density at radius 1 is 1.08 bits per heavy atom. The molecule has 0 atom stereocenters. The van der Waals surface area contributed by atoms with Crippen molar-refractivity contribution >= 4 is 29.9 Å². The predicted octanol–water partition coefficient (Wildman–Crippen LogP) is 3.76. The number of nitrogens with one attached hydrogen (secondary N) is 2. The van der Waals surface area contributed by atoms with Crippen LogP contribution < -0.4 is 10.6 Å². The lowest BCUT2D eigenvalue weighted by Gasteiger charge is -2.14. The molecule has 2 N–H and O–H groups in total. The molecular weight excluding hydrogens is 432 g/mol. The fraction of sp³-hybridized carbons (Fsp3) is 0.316. The quantitative estimate of drug-likeness (QED) is 0.395. The van der Waals surface area contributed by atoms with Crippen LogP contribution in [-0.2, 0) is 24.4 Å². The summed E-state index contributed by atoms with van der Waals surface area (Å²) >= 11 is 0. The Labute approximate surface area is 165 Å². The average Bonchev–Trinajstić information content (AvgIpc) is 2.59. The summed E-state index contributed by atoms with van der Waals surface area (Å²) in [6, 6.07) is 13.2. The van der Waals surface area contributed by atoms with Crippen LogP contribution in [-0.4, -0.2) is 20.1 Å². The van der Waals surface area contributed by atoms with Gasteiger partial charge in [-0.3, -0.25) is 4.99 Å². The van der Waals surface area contributed by atoms with Crippen LogP contribution in [0.1, 0.15) is 22.3 Å². The summed E-state index contributed by atoms with van der Waals surface area (Å²) in [6.07, 6.45) is 0. The first kappa shape index (κ1) is 21.4. The molecule has 25 heavy (non-hydrogen) atoms. The van der Waals surface area contributed by atoms with Crippen LogP contribution in [0.3, 0.4) is 0 Å². The number of aryl methyl sites for hydroxylation is 1. The van der Waals surface area contributed by atoms with E-state index in [0.29, 0.717) is 31.2 Å². The summed E-state index contributed by atoms with van der Waals surface area (Å²) in [4.78, 5) is 4.22. The standard InChI is InChI=1S/C19H24FN3O.HI/c1-14-10-15(8-9-18(14)20)11-22-19(21-2)23-12-16-6-4-5-7-17(16)13-24-3;/h4-10H,11-13H2,1-3H3,(H2,21,22,23);1H. The first-order valence-electron chi connectivity index (χ1n) is 7.89. The molecule has 6 heteroatoms. The third-order valence-electron chi connectivity index (χ3n) is 3.77. The molecule has 0 heterocycles. The Kier molecular flexibility index (Phi) is 9.44. The van der Waals surface area contributed by atoms with E-state index in [1.54, 1.807) is 27.1 Å². The Hall–Kier alpha value is -1.67. The molecule has 2 rings (SSSR count). The van der Waals surface area contributed by atoms with Crippen LogP contribution in [0.5, 0.6) is 0 Å².